The van der Waals surface area contributed by atoms with Crippen molar-refractivity contribution in [2.45, 2.75) is 25.8 Å². The van der Waals surface area contributed by atoms with Crippen LogP contribution in [0, 0.1) is 0 Å². The Hall–Kier alpha value is -1.14. The molecule has 1 amide bonds. The summed E-state index contributed by atoms with van der Waals surface area (Å²) in [5, 5.41) is 6.08. The van der Waals surface area contributed by atoms with Crippen molar-refractivity contribution in [1.29, 1.82) is 0 Å². The van der Waals surface area contributed by atoms with E-state index in [0.717, 1.165) is 31.1 Å². The molecule has 1 fully saturated rings. The molecule has 1 aliphatic heterocycles. The lowest BCUT2D eigenvalue weighted by Gasteiger charge is -2.32. The van der Waals surface area contributed by atoms with Crippen LogP contribution in [0.25, 0.3) is 0 Å². The number of carbonyl (C=O) groups excluding carboxylic acids is 1. The number of rotatable bonds is 5. The molecule has 2 rings (SSSR count). The first-order chi connectivity index (χ1) is 8.79. The molecule has 0 radical (unpaired) electrons. The van der Waals surface area contributed by atoms with Gasteiger partial charge in [-0.1, -0.05) is 0 Å². The molecule has 0 aromatic carbocycles. The second-order valence-electron chi connectivity index (χ2n) is 4.28. The Morgan fingerprint density at radius 1 is 1.61 bits per heavy atom. The summed E-state index contributed by atoms with van der Waals surface area (Å²) in [5.41, 5.74) is 0. The van der Waals surface area contributed by atoms with Gasteiger partial charge in [-0.15, -0.1) is 11.3 Å². The van der Waals surface area contributed by atoms with Crippen LogP contribution in [0.15, 0.2) is 11.6 Å². The van der Waals surface area contributed by atoms with Gasteiger partial charge in [0.15, 0.2) is 5.13 Å². The van der Waals surface area contributed by atoms with Crippen LogP contribution in [0.2, 0.25) is 0 Å². The minimum Gasteiger partial charge on any atom is -0.372 e. The largest absolute Gasteiger partial charge is 0.372 e. The smallest absolute Gasteiger partial charge is 0.246 e. The Morgan fingerprint density at radius 2 is 2.39 bits per heavy atom. The Morgan fingerprint density at radius 3 is 3.00 bits per heavy atom. The van der Waals surface area contributed by atoms with Gasteiger partial charge < -0.3 is 15.0 Å². The van der Waals surface area contributed by atoms with Crippen LogP contribution >= 0.6 is 11.3 Å². The van der Waals surface area contributed by atoms with Crippen LogP contribution < -0.4 is 10.2 Å². The van der Waals surface area contributed by atoms with E-state index in [1.54, 1.807) is 11.3 Å². The molecule has 0 bridgehead atoms. The van der Waals surface area contributed by atoms with Gasteiger partial charge in [-0.2, -0.15) is 0 Å². The van der Waals surface area contributed by atoms with Crippen LogP contribution in [0.5, 0.6) is 0 Å². The zero-order valence-electron chi connectivity index (χ0n) is 10.6. The van der Waals surface area contributed by atoms with E-state index in [9.17, 15) is 4.79 Å². The number of carbonyl (C=O) groups is 1. The number of ether oxygens (including phenoxy) is 1. The van der Waals surface area contributed by atoms with Crippen molar-refractivity contribution in [2.75, 3.05) is 31.2 Å². The molecule has 100 valence electrons. The summed E-state index contributed by atoms with van der Waals surface area (Å²) in [6, 6.07) is 0.272. The monoisotopic (exact) mass is 269 g/mol. The van der Waals surface area contributed by atoms with Gasteiger partial charge in [-0.25, -0.2) is 4.98 Å². The first-order valence-electron chi connectivity index (χ1n) is 6.31. The fraction of sp³-hybridized carbons (Fsp3) is 0.667. The number of piperidine rings is 1. The van der Waals surface area contributed by atoms with Gasteiger partial charge >= 0.3 is 0 Å². The molecule has 1 aromatic rings. The predicted molar refractivity (Wildman–Crippen MR) is 72.0 cm³/mol. The lowest BCUT2D eigenvalue weighted by atomic mass is 10.1. The highest BCUT2D eigenvalue weighted by Gasteiger charge is 2.21. The van der Waals surface area contributed by atoms with Gasteiger partial charge in [0.05, 0.1) is 0 Å². The number of nitrogens with zero attached hydrogens (tertiary/aromatic N) is 2. The maximum atomic E-state index is 11.5. The molecule has 1 aromatic heterocycles. The quantitative estimate of drug-likeness (QED) is 0.874. The summed E-state index contributed by atoms with van der Waals surface area (Å²) in [4.78, 5) is 18.1. The molecule has 18 heavy (non-hydrogen) atoms. The number of anilines is 1. The Labute approximate surface area is 111 Å². The SMILES string of the molecule is CCOCC(=O)NC1CCN(c2nccs2)CC1. The van der Waals surface area contributed by atoms with Crippen molar-refractivity contribution >= 4 is 22.4 Å². The third-order valence-electron chi connectivity index (χ3n) is 2.99. The zero-order chi connectivity index (χ0) is 12.8. The first-order valence-corrected chi connectivity index (χ1v) is 7.19. The molecule has 0 aliphatic carbocycles. The van der Waals surface area contributed by atoms with Gasteiger partial charge in [-0.3, -0.25) is 4.79 Å². The van der Waals surface area contributed by atoms with Crippen molar-refractivity contribution in [3.8, 4) is 0 Å². The number of aromatic nitrogens is 1. The predicted octanol–water partition coefficient (Wildman–Crippen LogP) is 1.26. The fourth-order valence-corrected chi connectivity index (χ4v) is 2.75. The normalized spacial score (nSPS) is 16.8. The molecule has 0 spiro atoms. The number of thiazole rings is 1. The second kappa shape index (κ2) is 6.70. The highest BCUT2D eigenvalue weighted by molar-refractivity contribution is 7.13. The highest BCUT2D eigenvalue weighted by Crippen LogP contribution is 2.21. The third-order valence-corrected chi connectivity index (χ3v) is 3.82. The maximum Gasteiger partial charge on any atom is 0.246 e. The summed E-state index contributed by atoms with van der Waals surface area (Å²) in [5.74, 6) is -0.00968. The molecule has 1 aliphatic rings. The summed E-state index contributed by atoms with van der Waals surface area (Å²) in [6.45, 7) is 4.54. The molecule has 0 saturated carbocycles. The molecule has 2 heterocycles. The van der Waals surface area contributed by atoms with E-state index in [4.69, 9.17) is 4.74 Å². The number of amides is 1. The van der Waals surface area contributed by atoms with Crippen molar-refractivity contribution in [3.63, 3.8) is 0 Å². The average Bonchev–Trinajstić information content (AvgIpc) is 2.91. The topological polar surface area (TPSA) is 54.5 Å². The average molecular weight is 269 g/mol. The molecule has 1 saturated heterocycles. The molecular weight excluding hydrogens is 250 g/mol. The zero-order valence-corrected chi connectivity index (χ0v) is 11.4. The Bertz CT molecular complexity index is 361. The number of nitrogens with one attached hydrogen (secondary N) is 1. The van der Waals surface area contributed by atoms with Crippen LogP contribution in [-0.4, -0.2) is 43.2 Å². The lowest BCUT2D eigenvalue weighted by molar-refractivity contribution is -0.126. The first kappa shape index (κ1) is 13.3. The Balaban J connectivity index is 1.72. The maximum absolute atomic E-state index is 11.5. The lowest BCUT2D eigenvalue weighted by Crippen LogP contribution is -2.45. The van der Waals surface area contributed by atoms with Gasteiger partial charge in [0, 0.05) is 37.3 Å². The minimum atomic E-state index is -0.00968. The van der Waals surface area contributed by atoms with Crippen molar-refractivity contribution in [2.24, 2.45) is 0 Å². The van der Waals surface area contributed by atoms with E-state index < -0.39 is 0 Å². The standard InChI is InChI=1S/C12H19N3O2S/c1-2-17-9-11(16)14-10-3-6-15(7-4-10)12-13-5-8-18-12/h5,8,10H,2-4,6-7,9H2,1H3,(H,14,16). The van der Waals surface area contributed by atoms with E-state index in [-0.39, 0.29) is 18.6 Å². The number of hydrogen-bond donors (Lipinski definition) is 1. The molecule has 1 N–H and O–H groups in total. The van der Waals surface area contributed by atoms with Crippen molar-refractivity contribution < 1.29 is 9.53 Å². The second-order valence-corrected chi connectivity index (χ2v) is 5.15. The van der Waals surface area contributed by atoms with Crippen molar-refractivity contribution in [3.05, 3.63) is 11.6 Å². The summed E-state index contributed by atoms with van der Waals surface area (Å²) < 4.78 is 5.09. The van der Waals surface area contributed by atoms with Gasteiger partial charge in [0.1, 0.15) is 6.61 Å². The van der Waals surface area contributed by atoms with E-state index in [2.05, 4.69) is 15.2 Å². The van der Waals surface area contributed by atoms with E-state index in [1.807, 2.05) is 18.5 Å². The van der Waals surface area contributed by atoms with Crippen LogP contribution in [0.3, 0.4) is 0 Å². The van der Waals surface area contributed by atoms with E-state index >= 15 is 0 Å². The molecular formula is C12H19N3O2S. The highest BCUT2D eigenvalue weighted by atomic mass is 32.1. The van der Waals surface area contributed by atoms with Crippen LogP contribution in [0.4, 0.5) is 5.13 Å². The molecule has 0 atom stereocenters. The summed E-state index contributed by atoms with van der Waals surface area (Å²) in [7, 11) is 0. The van der Waals surface area contributed by atoms with Crippen LogP contribution in [0.1, 0.15) is 19.8 Å². The van der Waals surface area contributed by atoms with E-state index in [1.165, 1.54) is 0 Å². The third kappa shape index (κ3) is 3.68. The van der Waals surface area contributed by atoms with Gasteiger partial charge in [-0.05, 0) is 19.8 Å². The Kier molecular flexibility index (Phi) is 4.95. The summed E-state index contributed by atoms with van der Waals surface area (Å²) >= 11 is 1.66. The van der Waals surface area contributed by atoms with E-state index in [0.29, 0.717) is 6.61 Å². The summed E-state index contributed by atoms with van der Waals surface area (Å²) in [6.07, 6.45) is 3.77. The molecule has 0 unspecified atom stereocenters. The van der Waals surface area contributed by atoms with Gasteiger partial charge in [0.25, 0.3) is 0 Å². The molecule has 5 nitrogen and oxygen atoms in total. The minimum absolute atomic E-state index is 0.00968. The van der Waals surface area contributed by atoms with Crippen molar-refractivity contribution in [1.82, 2.24) is 10.3 Å². The fourth-order valence-electron chi connectivity index (χ4n) is 2.05. The number of hydrogen-bond acceptors (Lipinski definition) is 5. The van der Waals surface area contributed by atoms with Crippen LogP contribution in [-0.2, 0) is 9.53 Å². The molecule has 6 heteroatoms. The van der Waals surface area contributed by atoms with Gasteiger partial charge in [0.2, 0.25) is 5.91 Å².